The maximum atomic E-state index is 13.2. The van der Waals surface area contributed by atoms with Gasteiger partial charge in [-0.15, -0.1) is 0 Å². The summed E-state index contributed by atoms with van der Waals surface area (Å²) in [6.45, 7) is 8.78. The highest BCUT2D eigenvalue weighted by atomic mass is 19.1. The first-order valence-corrected chi connectivity index (χ1v) is 9.32. The van der Waals surface area contributed by atoms with E-state index < -0.39 is 0 Å². The molecule has 1 saturated heterocycles. The molecule has 0 bridgehead atoms. The number of amides is 2. The summed E-state index contributed by atoms with van der Waals surface area (Å²) in [5.41, 5.74) is 0.899. The molecule has 2 amide bonds. The highest BCUT2D eigenvalue weighted by Gasteiger charge is 2.33. The van der Waals surface area contributed by atoms with E-state index in [4.69, 9.17) is 0 Å². The van der Waals surface area contributed by atoms with Gasteiger partial charge in [0, 0.05) is 26.1 Å². The fraction of sp³-hybridized carbons (Fsp3) is 0.600. The van der Waals surface area contributed by atoms with Gasteiger partial charge in [-0.3, -0.25) is 14.5 Å². The van der Waals surface area contributed by atoms with Crippen molar-refractivity contribution < 1.29 is 14.0 Å². The van der Waals surface area contributed by atoms with Gasteiger partial charge in [0.1, 0.15) is 5.82 Å². The Labute approximate surface area is 155 Å². The predicted octanol–water partition coefficient (Wildman–Crippen LogP) is 2.36. The average Bonchev–Trinajstić information content (AvgIpc) is 2.76. The maximum absolute atomic E-state index is 13.2. The van der Waals surface area contributed by atoms with Crippen molar-refractivity contribution in [3.8, 4) is 0 Å². The van der Waals surface area contributed by atoms with Gasteiger partial charge in [-0.25, -0.2) is 4.39 Å². The minimum atomic E-state index is -0.284. The monoisotopic (exact) mass is 363 g/mol. The second-order valence-corrected chi connectivity index (χ2v) is 7.38. The first-order valence-electron chi connectivity index (χ1n) is 9.32. The number of carbonyl (C=O) groups excluding carboxylic acids is 2. The standard InChI is InChI=1S/C20H30FN3O2/c1-5-22(4)14-20(26)23-11-10-19(25)24(18(13-23)15(2)3)12-16-6-8-17(21)9-7-16/h6-9,15,18H,5,10-14H2,1-4H3. The van der Waals surface area contributed by atoms with Crippen LogP contribution in [0, 0.1) is 11.7 Å². The molecule has 0 N–H and O–H groups in total. The topological polar surface area (TPSA) is 43.9 Å². The Morgan fingerprint density at radius 2 is 1.96 bits per heavy atom. The third kappa shape index (κ3) is 5.27. The Balaban J connectivity index is 2.16. The van der Waals surface area contributed by atoms with Gasteiger partial charge in [-0.2, -0.15) is 0 Å². The van der Waals surface area contributed by atoms with Crippen LogP contribution in [-0.2, 0) is 16.1 Å². The van der Waals surface area contributed by atoms with E-state index in [0.29, 0.717) is 32.6 Å². The molecule has 26 heavy (non-hydrogen) atoms. The van der Waals surface area contributed by atoms with E-state index in [1.54, 1.807) is 12.1 Å². The molecule has 1 heterocycles. The Kier molecular flexibility index (Phi) is 7.14. The van der Waals surface area contributed by atoms with Crippen molar-refractivity contribution in [2.45, 2.75) is 39.8 Å². The van der Waals surface area contributed by atoms with Crippen LogP contribution in [0.2, 0.25) is 0 Å². The van der Waals surface area contributed by atoms with E-state index in [0.717, 1.165) is 12.1 Å². The van der Waals surface area contributed by atoms with Gasteiger partial charge in [-0.05, 0) is 37.2 Å². The van der Waals surface area contributed by atoms with Crippen LogP contribution < -0.4 is 0 Å². The average molecular weight is 363 g/mol. The van der Waals surface area contributed by atoms with E-state index in [1.165, 1.54) is 12.1 Å². The van der Waals surface area contributed by atoms with Crippen LogP contribution in [-0.4, -0.2) is 65.8 Å². The van der Waals surface area contributed by atoms with E-state index in [-0.39, 0.29) is 29.6 Å². The molecule has 1 aliphatic rings. The number of rotatable bonds is 6. The Bertz CT molecular complexity index is 618. The lowest BCUT2D eigenvalue weighted by Crippen LogP contribution is -2.48. The summed E-state index contributed by atoms with van der Waals surface area (Å²) >= 11 is 0. The summed E-state index contributed by atoms with van der Waals surface area (Å²) in [5.74, 6) is 0.0495. The molecule has 144 valence electrons. The normalized spacial score (nSPS) is 18.6. The number of likely N-dealkylation sites (N-methyl/N-ethyl adjacent to an activating group) is 1. The predicted molar refractivity (Wildman–Crippen MR) is 99.9 cm³/mol. The fourth-order valence-electron chi connectivity index (χ4n) is 3.21. The van der Waals surface area contributed by atoms with Crippen LogP contribution in [0.1, 0.15) is 32.8 Å². The smallest absolute Gasteiger partial charge is 0.236 e. The Morgan fingerprint density at radius 1 is 1.31 bits per heavy atom. The highest BCUT2D eigenvalue weighted by Crippen LogP contribution is 2.21. The molecule has 0 aromatic heterocycles. The fourth-order valence-corrected chi connectivity index (χ4v) is 3.21. The summed E-state index contributed by atoms with van der Waals surface area (Å²) in [5, 5.41) is 0. The first kappa shape index (κ1) is 20.4. The molecule has 0 saturated carbocycles. The van der Waals surface area contributed by atoms with Crippen LogP contribution in [0.15, 0.2) is 24.3 Å². The van der Waals surface area contributed by atoms with Crippen molar-refractivity contribution in [2.75, 3.05) is 33.2 Å². The minimum Gasteiger partial charge on any atom is -0.339 e. The SMILES string of the molecule is CCN(C)CC(=O)N1CCC(=O)N(Cc2ccc(F)cc2)C(C(C)C)C1. The van der Waals surface area contributed by atoms with Crippen molar-refractivity contribution in [1.82, 2.24) is 14.7 Å². The quantitative estimate of drug-likeness (QED) is 0.779. The van der Waals surface area contributed by atoms with Crippen molar-refractivity contribution in [3.05, 3.63) is 35.6 Å². The van der Waals surface area contributed by atoms with Gasteiger partial charge >= 0.3 is 0 Å². The van der Waals surface area contributed by atoms with Crippen molar-refractivity contribution in [1.29, 1.82) is 0 Å². The van der Waals surface area contributed by atoms with Crippen LogP contribution in [0.3, 0.4) is 0 Å². The van der Waals surface area contributed by atoms with Gasteiger partial charge in [0.25, 0.3) is 0 Å². The van der Waals surface area contributed by atoms with Gasteiger partial charge in [0.2, 0.25) is 11.8 Å². The number of benzene rings is 1. The molecule has 0 spiro atoms. The molecule has 1 unspecified atom stereocenters. The maximum Gasteiger partial charge on any atom is 0.236 e. The second-order valence-electron chi connectivity index (χ2n) is 7.38. The summed E-state index contributed by atoms with van der Waals surface area (Å²) in [7, 11) is 1.92. The van der Waals surface area contributed by atoms with Gasteiger partial charge in [-0.1, -0.05) is 32.9 Å². The molecule has 1 aromatic carbocycles. The molecular weight excluding hydrogens is 333 g/mol. The Morgan fingerprint density at radius 3 is 2.54 bits per heavy atom. The largest absolute Gasteiger partial charge is 0.339 e. The lowest BCUT2D eigenvalue weighted by atomic mass is 10.0. The number of nitrogens with zero attached hydrogens (tertiary/aromatic N) is 3. The van der Waals surface area contributed by atoms with Crippen LogP contribution in [0.25, 0.3) is 0 Å². The molecule has 5 nitrogen and oxygen atoms in total. The van der Waals surface area contributed by atoms with Gasteiger partial charge < -0.3 is 9.80 Å². The molecule has 2 rings (SSSR count). The van der Waals surface area contributed by atoms with Crippen molar-refractivity contribution in [3.63, 3.8) is 0 Å². The van der Waals surface area contributed by atoms with Crippen LogP contribution in [0.4, 0.5) is 4.39 Å². The zero-order valence-corrected chi connectivity index (χ0v) is 16.2. The van der Waals surface area contributed by atoms with Gasteiger partial charge in [0.05, 0.1) is 12.6 Å². The summed E-state index contributed by atoms with van der Waals surface area (Å²) in [4.78, 5) is 31.0. The molecular formula is C20H30FN3O2. The summed E-state index contributed by atoms with van der Waals surface area (Å²) in [6, 6.07) is 6.20. The van der Waals surface area contributed by atoms with E-state index in [9.17, 15) is 14.0 Å². The minimum absolute atomic E-state index is 0.0483. The molecule has 1 aromatic rings. The van der Waals surface area contributed by atoms with Crippen LogP contribution in [0.5, 0.6) is 0 Å². The molecule has 1 fully saturated rings. The van der Waals surface area contributed by atoms with Crippen LogP contribution >= 0.6 is 0 Å². The third-order valence-corrected chi connectivity index (χ3v) is 5.06. The number of hydrogen-bond donors (Lipinski definition) is 0. The molecule has 6 heteroatoms. The van der Waals surface area contributed by atoms with Crippen molar-refractivity contribution in [2.24, 2.45) is 5.92 Å². The molecule has 1 aliphatic heterocycles. The zero-order chi connectivity index (χ0) is 19.3. The second kappa shape index (κ2) is 9.12. The lowest BCUT2D eigenvalue weighted by Gasteiger charge is -2.35. The number of hydrogen-bond acceptors (Lipinski definition) is 3. The van der Waals surface area contributed by atoms with E-state index in [2.05, 4.69) is 13.8 Å². The van der Waals surface area contributed by atoms with Gasteiger partial charge in [0.15, 0.2) is 0 Å². The molecule has 1 atom stereocenters. The summed E-state index contributed by atoms with van der Waals surface area (Å²) < 4.78 is 13.2. The first-order chi connectivity index (χ1) is 12.3. The summed E-state index contributed by atoms with van der Waals surface area (Å²) in [6.07, 6.45) is 0.325. The Hall–Kier alpha value is -1.95. The molecule has 0 radical (unpaired) electrons. The number of carbonyl (C=O) groups is 2. The zero-order valence-electron chi connectivity index (χ0n) is 16.2. The lowest BCUT2D eigenvalue weighted by molar-refractivity contribution is -0.134. The molecule has 0 aliphatic carbocycles. The van der Waals surface area contributed by atoms with Crippen molar-refractivity contribution >= 4 is 11.8 Å². The third-order valence-electron chi connectivity index (χ3n) is 5.06. The number of halogens is 1. The highest BCUT2D eigenvalue weighted by molar-refractivity contribution is 5.81. The van der Waals surface area contributed by atoms with E-state index in [1.807, 2.05) is 28.7 Å². The van der Waals surface area contributed by atoms with E-state index >= 15 is 0 Å².